The lowest BCUT2D eigenvalue weighted by Gasteiger charge is -2.31. The maximum absolute atomic E-state index is 11.2. The first kappa shape index (κ1) is 25.5. The van der Waals surface area contributed by atoms with E-state index in [-0.39, 0.29) is 30.1 Å². The number of benzene rings is 1. The number of piperidine rings is 1. The van der Waals surface area contributed by atoms with Gasteiger partial charge in [-0.05, 0) is 56.9 Å². The second-order valence-electron chi connectivity index (χ2n) is 7.95. The number of halogens is 1. The van der Waals surface area contributed by atoms with Gasteiger partial charge in [-0.15, -0.1) is 24.0 Å². The molecule has 0 N–H and O–H groups in total. The number of carbonyl (C=O) groups excluding carboxylic acids is 1. The first-order valence-corrected chi connectivity index (χ1v) is 11.1. The molecular formula is C23H34IN3O4. The predicted octanol–water partition coefficient (Wildman–Crippen LogP) is 4.29. The van der Waals surface area contributed by atoms with Crippen LogP contribution in [0.5, 0.6) is 11.5 Å². The van der Waals surface area contributed by atoms with E-state index in [1.165, 1.54) is 45.3 Å². The standard InChI is InChI=1S/C14H26N2O2.C9H7NO2.HI/c1-2-15-9-6-13(7-10-15)5-3-4-8-16-11-12-18-14(16)17;10-6-7-1-2-8-9(5-7)12-4-3-11-8;/h13H,2-12H2,1H3;1-2,5H,3-4H2;1H. The zero-order chi connectivity index (χ0) is 21.2. The number of amides is 1. The van der Waals surface area contributed by atoms with Gasteiger partial charge in [0.05, 0.1) is 18.2 Å². The van der Waals surface area contributed by atoms with Gasteiger partial charge in [-0.25, -0.2) is 4.79 Å². The molecule has 7 nitrogen and oxygen atoms in total. The van der Waals surface area contributed by atoms with Crippen LogP contribution in [-0.4, -0.2) is 68.4 Å². The molecule has 1 amide bonds. The van der Waals surface area contributed by atoms with Crippen molar-refractivity contribution in [2.45, 2.75) is 39.0 Å². The van der Waals surface area contributed by atoms with Crippen molar-refractivity contribution < 1.29 is 19.0 Å². The Labute approximate surface area is 202 Å². The number of rotatable bonds is 6. The molecule has 0 aliphatic carbocycles. The molecule has 0 spiro atoms. The molecule has 2 saturated heterocycles. The smallest absolute Gasteiger partial charge is 0.409 e. The molecule has 2 fully saturated rings. The van der Waals surface area contributed by atoms with Gasteiger partial charge in [0.2, 0.25) is 0 Å². The second-order valence-corrected chi connectivity index (χ2v) is 7.95. The van der Waals surface area contributed by atoms with E-state index in [2.05, 4.69) is 11.8 Å². The first-order valence-electron chi connectivity index (χ1n) is 11.1. The van der Waals surface area contributed by atoms with Crippen LogP contribution in [0.2, 0.25) is 0 Å². The molecule has 3 aliphatic rings. The van der Waals surface area contributed by atoms with E-state index in [0.717, 1.165) is 31.2 Å². The highest BCUT2D eigenvalue weighted by molar-refractivity contribution is 14.0. The van der Waals surface area contributed by atoms with Crippen LogP contribution in [0.25, 0.3) is 0 Å². The highest BCUT2D eigenvalue weighted by Crippen LogP contribution is 2.30. The van der Waals surface area contributed by atoms with Crippen molar-refractivity contribution in [2.75, 3.05) is 52.5 Å². The fraction of sp³-hybridized carbons (Fsp3) is 0.652. The summed E-state index contributed by atoms with van der Waals surface area (Å²) in [5.41, 5.74) is 0.597. The Hall–Kier alpha value is -1.73. The summed E-state index contributed by atoms with van der Waals surface area (Å²) >= 11 is 0. The third-order valence-corrected chi connectivity index (χ3v) is 5.96. The molecule has 8 heteroatoms. The molecule has 0 atom stereocenters. The van der Waals surface area contributed by atoms with Crippen LogP contribution in [0.3, 0.4) is 0 Å². The summed E-state index contributed by atoms with van der Waals surface area (Å²) in [7, 11) is 0. The lowest BCUT2D eigenvalue weighted by atomic mass is 9.91. The maximum Gasteiger partial charge on any atom is 0.409 e. The largest absolute Gasteiger partial charge is 0.486 e. The normalized spacial score (nSPS) is 18.3. The van der Waals surface area contributed by atoms with Crippen LogP contribution in [-0.2, 0) is 4.74 Å². The van der Waals surface area contributed by atoms with Gasteiger partial charge in [0.25, 0.3) is 0 Å². The molecule has 0 bridgehead atoms. The van der Waals surface area contributed by atoms with E-state index in [9.17, 15) is 4.79 Å². The number of carbonyl (C=O) groups is 1. The molecule has 0 saturated carbocycles. The zero-order valence-electron chi connectivity index (χ0n) is 18.4. The van der Waals surface area contributed by atoms with Crippen LogP contribution in [0, 0.1) is 17.2 Å². The van der Waals surface area contributed by atoms with Crippen LogP contribution in [0.1, 0.15) is 44.6 Å². The molecule has 0 unspecified atom stereocenters. The van der Waals surface area contributed by atoms with Crippen LogP contribution in [0.4, 0.5) is 4.79 Å². The van der Waals surface area contributed by atoms with Crippen molar-refractivity contribution in [3.05, 3.63) is 23.8 Å². The topological polar surface area (TPSA) is 75.0 Å². The summed E-state index contributed by atoms with van der Waals surface area (Å²) in [6, 6.07) is 7.20. The minimum Gasteiger partial charge on any atom is -0.486 e. The molecule has 3 aliphatic heterocycles. The van der Waals surface area contributed by atoms with Crippen molar-refractivity contribution in [1.82, 2.24) is 9.80 Å². The summed E-state index contributed by atoms with van der Waals surface area (Å²) in [5.74, 6) is 2.30. The number of cyclic esters (lactones) is 1. The Bertz CT molecular complexity index is 732. The summed E-state index contributed by atoms with van der Waals surface area (Å²) in [6.45, 7) is 9.38. The number of hydrogen-bond donors (Lipinski definition) is 0. The van der Waals surface area contributed by atoms with Crippen molar-refractivity contribution in [2.24, 2.45) is 5.92 Å². The second kappa shape index (κ2) is 13.6. The molecule has 3 heterocycles. The number of nitrogens with zero attached hydrogens (tertiary/aromatic N) is 3. The Kier molecular flexibility index (Phi) is 11.2. The Morgan fingerprint density at radius 1 is 1.03 bits per heavy atom. The van der Waals surface area contributed by atoms with E-state index >= 15 is 0 Å². The fourth-order valence-electron chi connectivity index (χ4n) is 4.07. The van der Waals surface area contributed by atoms with E-state index < -0.39 is 0 Å². The molecule has 31 heavy (non-hydrogen) atoms. The molecular weight excluding hydrogens is 509 g/mol. The average Bonchev–Trinajstić information content (AvgIpc) is 3.21. The molecule has 1 aromatic rings. The third-order valence-electron chi connectivity index (χ3n) is 5.96. The van der Waals surface area contributed by atoms with Gasteiger partial charge in [0.15, 0.2) is 11.5 Å². The van der Waals surface area contributed by atoms with E-state index in [1.54, 1.807) is 18.2 Å². The van der Waals surface area contributed by atoms with Crippen molar-refractivity contribution in [3.8, 4) is 17.6 Å². The molecule has 4 rings (SSSR count). The molecule has 0 aromatic heterocycles. The molecule has 1 aromatic carbocycles. The summed E-state index contributed by atoms with van der Waals surface area (Å²) in [5, 5.41) is 8.59. The minimum atomic E-state index is -0.119. The van der Waals surface area contributed by atoms with E-state index in [4.69, 9.17) is 19.5 Å². The van der Waals surface area contributed by atoms with Crippen LogP contribution in [0.15, 0.2) is 18.2 Å². The summed E-state index contributed by atoms with van der Waals surface area (Å²) < 4.78 is 15.5. The van der Waals surface area contributed by atoms with Gasteiger partial charge in [0, 0.05) is 12.6 Å². The van der Waals surface area contributed by atoms with Gasteiger partial charge < -0.3 is 24.0 Å². The maximum atomic E-state index is 11.2. The van der Waals surface area contributed by atoms with Gasteiger partial charge in [0.1, 0.15) is 19.8 Å². The number of nitriles is 1. The Morgan fingerprint density at radius 3 is 2.42 bits per heavy atom. The Morgan fingerprint density at radius 2 is 1.77 bits per heavy atom. The highest BCUT2D eigenvalue weighted by atomic mass is 127. The summed E-state index contributed by atoms with van der Waals surface area (Å²) in [6.07, 6.45) is 6.31. The lowest BCUT2D eigenvalue weighted by molar-refractivity contribution is 0.157. The van der Waals surface area contributed by atoms with Crippen molar-refractivity contribution >= 4 is 30.1 Å². The third kappa shape index (κ3) is 8.04. The highest BCUT2D eigenvalue weighted by Gasteiger charge is 2.21. The van der Waals surface area contributed by atoms with Crippen LogP contribution >= 0.6 is 24.0 Å². The monoisotopic (exact) mass is 543 g/mol. The number of likely N-dealkylation sites (tertiary alicyclic amines) is 1. The first-order chi connectivity index (χ1) is 14.7. The number of hydrogen-bond acceptors (Lipinski definition) is 6. The number of fused-ring (bicyclic) bond motifs is 1. The van der Waals surface area contributed by atoms with Crippen molar-refractivity contribution in [3.63, 3.8) is 0 Å². The minimum absolute atomic E-state index is 0. The zero-order valence-corrected chi connectivity index (χ0v) is 20.7. The van der Waals surface area contributed by atoms with E-state index in [0.29, 0.717) is 31.1 Å². The quantitative estimate of drug-likeness (QED) is 0.394. The van der Waals surface area contributed by atoms with Gasteiger partial charge in [-0.2, -0.15) is 5.26 Å². The van der Waals surface area contributed by atoms with Gasteiger partial charge >= 0.3 is 6.09 Å². The molecule has 172 valence electrons. The number of unbranched alkanes of at least 4 members (excludes halogenated alkanes) is 1. The van der Waals surface area contributed by atoms with Crippen molar-refractivity contribution in [1.29, 1.82) is 5.26 Å². The fourth-order valence-corrected chi connectivity index (χ4v) is 4.07. The Balaban J connectivity index is 0.000000229. The van der Waals surface area contributed by atoms with E-state index in [1.807, 2.05) is 11.0 Å². The SMILES string of the molecule is CCN1CCC(CCCCN2CCOC2=O)CC1.I.N#Cc1ccc2c(c1)OCCO2. The van der Waals surface area contributed by atoms with Crippen LogP contribution < -0.4 is 9.47 Å². The van der Waals surface area contributed by atoms with Gasteiger partial charge in [-0.3, -0.25) is 0 Å². The predicted molar refractivity (Wildman–Crippen MR) is 129 cm³/mol. The molecule has 0 radical (unpaired) electrons. The average molecular weight is 543 g/mol. The number of ether oxygens (including phenoxy) is 3. The summed E-state index contributed by atoms with van der Waals surface area (Å²) in [4.78, 5) is 15.6. The van der Waals surface area contributed by atoms with Gasteiger partial charge in [-0.1, -0.05) is 19.8 Å². The lowest BCUT2D eigenvalue weighted by Crippen LogP contribution is -2.33.